The van der Waals surface area contributed by atoms with Gasteiger partial charge in [-0.3, -0.25) is 4.79 Å². The molecule has 1 N–H and O–H groups in total. The van der Waals surface area contributed by atoms with Crippen molar-refractivity contribution in [1.29, 1.82) is 0 Å². The molecule has 3 aromatic rings. The van der Waals surface area contributed by atoms with Crippen molar-refractivity contribution in [3.63, 3.8) is 0 Å². The van der Waals surface area contributed by atoms with Crippen LogP contribution in [0.1, 0.15) is 16.2 Å². The summed E-state index contributed by atoms with van der Waals surface area (Å²) in [4.78, 5) is 12.3. The van der Waals surface area contributed by atoms with E-state index in [2.05, 4.69) is 20.8 Å². The zero-order valence-corrected chi connectivity index (χ0v) is 13.1. The number of nitrogens with one attached hydrogen (secondary N) is 1. The number of rotatable bonds is 5. The number of ether oxygens (including phenoxy) is 1. The summed E-state index contributed by atoms with van der Waals surface area (Å²) in [6.07, 6.45) is 0. The summed E-state index contributed by atoms with van der Waals surface area (Å²) >= 11 is 0. The number of nitrogens with zero attached hydrogens (tertiary/aromatic N) is 4. The molecule has 1 amide bonds. The standard InChI is InChI=1S/C16H13F2N5O2/c1-25-14-5-3-2-4-11(14)16(24)19-9-15-20-21-22-23(15)10-6-7-12(17)13(18)8-10/h2-8H,9H2,1H3,(H,19,24). The van der Waals surface area contributed by atoms with Gasteiger partial charge in [0, 0.05) is 6.07 Å². The number of amides is 1. The summed E-state index contributed by atoms with van der Waals surface area (Å²) in [5.41, 5.74) is 0.599. The molecule has 0 radical (unpaired) electrons. The largest absolute Gasteiger partial charge is 0.496 e. The van der Waals surface area contributed by atoms with Crippen molar-refractivity contribution in [2.75, 3.05) is 7.11 Å². The van der Waals surface area contributed by atoms with Crippen LogP contribution in [0.15, 0.2) is 42.5 Å². The molecule has 0 bridgehead atoms. The van der Waals surface area contributed by atoms with Gasteiger partial charge in [-0.15, -0.1) is 5.10 Å². The Balaban J connectivity index is 1.77. The second-order valence-electron chi connectivity index (χ2n) is 4.99. The molecule has 0 saturated heterocycles. The molecule has 9 heteroatoms. The normalized spacial score (nSPS) is 10.5. The molecule has 1 heterocycles. The van der Waals surface area contributed by atoms with Crippen molar-refractivity contribution in [3.8, 4) is 11.4 Å². The van der Waals surface area contributed by atoms with E-state index < -0.39 is 11.6 Å². The number of para-hydroxylation sites is 1. The minimum absolute atomic E-state index is 0.0110. The molecule has 0 unspecified atom stereocenters. The fourth-order valence-electron chi connectivity index (χ4n) is 2.22. The fourth-order valence-corrected chi connectivity index (χ4v) is 2.22. The van der Waals surface area contributed by atoms with Crippen LogP contribution in [0.2, 0.25) is 0 Å². The van der Waals surface area contributed by atoms with Crippen LogP contribution in [-0.4, -0.2) is 33.2 Å². The number of tetrazole rings is 1. The number of carbonyl (C=O) groups excluding carboxylic acids is 1. The van der Waals surface area contributed by atoms with Crippen LogP contribution >= 0.6 is 0 Å². The maximum Gasteiger partial charge on any atom is 0.255 e. The number of halogens is 2. The lowest BCUT2D eigenvalue weighted by molar-refractivity contribution is 0.0946. The van der Waals surface area contributed by atoms with Gasteiger partial charge in [-0.2, -0.15) is 4.68 Å². The van der Waals surface area contributed by atoms with E-state index in [4.69, 9.17) is 4.74 Å². The number of methoxy groups -OCH3 is 1. The molecular formula is C16H13F2N5O2. The van der Waals surface area contributed by atoms with Gasteiger partial charge >= 0.3 is 0 Å². The molecule has 25 heavy (non-hydrogen) atoms. The molecule has 3 rings (SSSR count). The van der Waals surface area contributed by atoms with E-state index in [1.807, 2.05) is 0 Å². The van der Waals surface area contributed by atoms with E-state index in [9.17, 15) is 13.6 Å². The zero-order chi connectivity index (χ0) is 17.8. The van der Waals surface area contributed by atoms with Crippen LogP contribution in [0.4, 0.5) is 8.78 Å². The Morgan fingerprint density at radius 2 is 2.00 bits per heavy atom. The number of carbonyl (C=O) groups is 1. The van der Waals surface area contributed by atoms with E-state index in [1.165, 1.54) is 17.9 Å². The van der Waals surface area contributed by atoms with Gasteiger partial charge in [-0.1, -0.05) is 12.1 Å². The molecule has 0 saturated carbocycles. The molecular weight excluding hydrogens is 332 g/mol. The van der Waals surface area contributed by atoms with Gasteiger partial charge in [0.25, 0.3) is 5.91 Å². The van der Waals surface area contributed by atoms with E-state index in [0.29, 0.717) is 11.3 Å². The summed E-state index contributed by atoms with van der Waals surface area (Å²) in [7, 11) is 1.47. The molecule has 0 aliphatic heterocycles. The summed E-state index contributed by atoms with van der Waals surface area (Å²) in [5, 5.41) is 13.7. The van der Waals surface area contributed by atoms with Crippen LogP contribution < -0.4 is 10.1 Å². The minimum atomic E-state index is -1.02. The highest BCUT2D eigenvalue weighted by atomic mass is 19.2. The minimum Gasteiger partial charge on any atom is -0.496 e. The highest BCUT2D eigenvalue weighted by Gasteiger charge is 2.15. The molecule has 0 spiro atoms. The highest BCUT2D eigenvalue weighted by Crippen LogP contribution is 2.17. The Labute approximate surface area is 141 Å². The number of aromatic nitrogens is 4. The van der Waals surface area contributed by atoms with Crippen LogP contribution in [0.25, 0.3) is 5.69 Å². The topological polar surface area (TPSA) is 81.9 Å². The average molecular weight is 345 g/mol. The summed E-state index contributed by atoms with van der Waals surface area (Å²) in [5.74, 6) is -1.67. The van der Waals surface area contributed by atoms with Gasteiger partial charge in [0.05, 0.1) is 24.9 Å². The van der Waals surface area contributed by atoms with Crippen LogP contribution in [0.3, 0.4) is 0 Å². The molecule has 1 aromatic heterocycles. The van der Waals surface area contributed by atoms with Crippen LogP contribution in [-0.2, 0) is 6.54 Å². The van der Waals surface area contributed by atoms with Crippen molar-refractivity contribution in [1.82, 2.24) is 25.5 Å². The first-order valence-corrected chi connectivity index (χ1v) is 7.24. The van der Waals surface area contributed by atoms with Crippen molar-refractivity contribution in [3.05, 3.63) is 65.5 Å². The summed E-state index contributed by atoms with van der Waals surface area (Å²) < 4.78 is 32.8. The predicted molar refractivity (Wildman–Crippen MR) is 83.2 cm³/mol. The molecule has 2 aromatic carbocycles. The quantitative estimate of drug-likeness (QED) is 0.763. The smallest absolute Gasteiger partial charge is 0.255 e. The molecule has 128 valence electrons. The first-order chi connectivity index (χ1) is 12.1. The number of hydrogen-bond acceptors (Lipinski definition) is 5. The highest BCUT2D eigenvalue weighted by molar-refractivity contribution is 5.96. The lowest BCUT2D eigenvalue weighted by Gasteiger charge is -2.09. The zero-order valence-electron chi connectivity index (χ0n) is 13.1. The Bertz CT molecular complexity index is 913. The van der Waals surface area contributed by atoms with E-state index >= 15 is 0 Å². The van der Waals surface area contributed by atoms with Gasteiger partial charge in [0.15, 0.2) is 17.5 Å². The van der Waals surface area contributed by atoms with E-state index in [1.54, 1.807) is 24.3 Å². The molecule has 0 aliphatic rings. The van der Waals surface area contributed by atoms with E-state index in [-0.39, 0.29) is 24.0 Å². The van der Waals surface area contributed by atoms with Gasteiger partial charge in [-0.05, 0) is 34.7 Å². The molecule has 0 aliphatic carbocycles. The number of benzene rings is 2. The van der Waals surface area contributed by atoms with Crippen LogP contribution in [0.5, 0.6) is 5.75 Å². The van der Waals surface area contributed by atoms with Crippen molar-refractivity contribution in [2.45, 2.75) is 6.54 Å². The third-order valence-corrected chi connectivity index (χ3v) is 3.44. The summed E-state index contributed by atoms with van der Waals surface area (Å²) in [6.45, 7) is -0.0110. The van der Waals surface area contributed by atoms with Crippen LogP contribution in [0, 0.1) is 11.6 Å². The second kappa shape index (κ2) is 7.04. The van der Waals surface area contributed by atoms with Crippen molar-refractivity contribution >= 4 is 5.91 Å². The second-order valence-corrected chi connectivity index (χ2v) is 4.99. The Morgan fingerprint density at radius 3 is 2.76 bits per heavy atom. The monoisotopic (exact) mass is 345 g/mol. The maximum absolute atomic E-state index is 13.4. The maximum atomic E-state index is 13.4. The lowest BCUT2D eigenvalue weighted by Crippen LogP contribution is -2.25. The lowest BCUT2D eigenvalue weighted by atomic mass is 10.2. The van der Waals surface area contributed by atoms with Gasteiger partial charge < -0.3 is 10.1 Å². The number of hydrogen-bond donors (Lipinski definition) is 1. The Morgan fingerprint density at radius 1 is 1.20 bits per heavy atom. The molecule has 0 fully saturated rings. The third kappa shape index (κ3) is 3.44. The molecule has 7 nitrogen and oxygen atoms in total. The average Bonchev–Trinajstić information content (AvgIpc) is 3.10. The van der Waals surface area contributed by atoms with Crippen molar-refractivity contribution in [2.24, 2.45) is 0 Å². The van der Waals surface area contributed by atoms with E-state index in [0.717, 1.165) is 12.1 Å². The van der Waals surface area contributed by atoms with Crippen molar-refractivity contribution < 1.29 is 18.3 Å². The SMILES string of the molecule is COc1ccccc1C(=O)NCc1nnnn1-c1ccc(F)c(F)c1. The van der Waals surface area contributed by atoms with Gasteiger partial charge in [0.1, 0.15) is 5.75 Å². The Hall–Kier alpha value is -3.36. The summed E-state index contributed by atoms with van der Waals surface area (Å²) in [6, 6.07) is 10.0. The predicted octanol–water partition coefficient (Wildman–Crippen LogP) is 1.88. The first-order valence-electron chi connectivity index (χ1n) is 7.24. The first kappa shape index (κ1) is 16.5. The van der Waals surface area contributed by atoms with Gasteiger partial charge in [-0.25, -0.2) is 8.78 Å². The fraction of sp³-hybridized carbons (Fsp3) is 0.125. The molecule has 0 atom stereocenters. The Kier molecular flexibility index (Phi) is 4.64. The third-order valence-electron chi connectivity index (χ3n) is 3.44. The van der Waals surface area contributed by atoms with Gasteiger partial charge in [0.2, 0.25) is 0 Å².